The molecule has 1 N–H and O–H groups in total. The van der Waals surface area contributed by atoms with Crippen molar-refractivity contribution in [3.8, 4) is 0 Å². The zero-order valence-corrected chi connectivity index (χ0v) is 12.2. The van der Waals surface area contributed by atoms with Crippen LogP contribution in [0.1, 0.15) is 36.3 Å². The van der Waals surface area contributed by atoms with E-state index < -0.39 is 11.9 Å². The Labute approximate surface area is 118 Å². The van der Waals surface area contributed by atoms with Crippen LogP contribution in [0, 0.1) is 6.92 Å². The van der Waals surface area contributed by atoms with Gasteiger partial charge in [0.15, 0.2) is 0 Å². The minimum absolute atomic E-state index is 0.0350. The van der Waals surface area contributed by atoms with Crippen LogP contribution in [0.5, 0.6) is 0 Å². The summed E-state index contributed by atoms with van der Waals surface area (Å²) in [6.45, 7) is 6.14. The molecule has 0 fully saturated rings. The van der Waals surface area contributed by atoms with Crippen molar-refractivity contribution >= 4 is 17.8 Å². The Morgan fingerprint density at radius 1 is 1.45 bits per heavy atom. The zero-order valence-electron chi connectivity index (χ0n) is 12.2. The molecule has 0 spiro atoms. The van der Waals surface area contributed by atoms with Crippen LogP contribution in [0.2, 0.25) is 0 Å². The second-order valence-electron chi connectivity index (χ2n) is 4.53. The van der Waals surface area contributed by atoms with Gasteiger partial charge in [0.05, 0.1) is 24.8 Å². The summed E-state index contributed by atoms with van der Waals surface area (Å²) in [5.41, 5.74) is 0.980. The first-order chi connectivity index (χ1) is 9.40. The zero-order chi connectivity index (χ0) is 15.3. The van der Waals surface area contributed by atoms with Gasteiger partial charge in [-0.1, -0.05) is 0 Å². The Kier molecular flexibility index (Phi) is 5.49. The van der Waals surface area contributed by atoms with Gasteiger partial charge >= 0.3 is 11.9 Å². The fourth-order valence-corrected chi connectivity index (χ4v) is 2.10. The molecule has 6 heteroatoms. The lowest BCUT2D eigenvalue weighted by Gasteiger charge is -2.28. The number of aliphatic carboxylic acids is 1. The molecule has 0 radical (unpaired) electrons. The average Bonchev–Trinajstić information content (AvgIpc) is 2.38. The minimum atomic E-state index is -0.848. The number of carbonyl (C=O) groups is 2. The Bertz CT molecular complexity index is 502. The standard InChI is InChI=1S/C14H20N2O4/c1-5-16(9(2)8-13(17)18)12-7-6-11(10(3)15-12)14(19)20-4/h6-7,9H,5,8H2,1-4H3,(H,17,18). The number of ether oxygens (including phenoxy) is 1. The van der Waals surface area contributed by atoms with Gasteiger partial charge in [0.1, 0.15) is 5.82 Å². The van der Waals surface area contributed by atoms with Crippen molar-refractivity contribution in [1.82, 2.24) is 4.98 Å². The first-order valence-electron chi connectivity index (χ1n) is 6.45. The van der Waals surface area contributed by atoms with Crippen LogP contribution in [-0.4, -0.2) is 41.7 Å². The third kappa shape index (κ3) is 3.69. The molecule has 1 aromatic rings. The van der Waals surface area contributed by atoms with Gasteiger partial charge in [0.2, 0.25) is 0 Å². The van der Waals surface area contributed by atoms with E-state index >= 15 is 0 Å². The third-order valence-corrected chi connectivity index (χ3v) is 3.11. The molecule has 1 rings (SSSR count). The summed E-state index contributed by atoms with van der Waals surface area (Å²) in [6.07, 6.45) is 0.0350. The Morgan fingerprint density at radius 2 is 2.10 bits per heavy atom. The molecular formula is C14H20N2O4. The molecule has 0 saturated carbocycles. The second kappa shape index (κ2) is 6.88. The molecule has 0 aliphatic rings. The predicted molar refractivity (Wildman–Crippen MR) is 75.0 cm³/mol. The number of rotatable bonds is 6. The summed E-state index contributed by atoms with van der Waals surface area (Å²) >= 11 is 0. The number of carbonyl (C=O) groups excluding carboxylic acids is 1. The van der Waals surface area contributed by atoms with E-state index in [1.807, 2.05) is 18.7 Å². The molecule has 0 aliphatic carbocycles. The molecule has 1 heterocycles. The number of carboxylic acid groups (broad SMARTS) is 1. The number of aryl methyl sites for hydroxylation is 1. The number of carboxylic acids is 1. The molecule has 0 amide bonds. The summed E-state index contributed by atoms with van der Waals surface area (Å²) < 4.78 is 4.67. The van der Waals surface area contributed by atoms with Crippen LogP contribution in [0.15, 0.2) is 12.1 Å². The highest BCUT2D eigenvalue weighted by Gasteiger charge is 2.19. The Morgan fingerprint density at radius 3 is 2.55 bits per heavy atom. The van der Waals surface area contributed by atoms with Crippen molar-refractivity contribution in [3.63, 3.8) is 0 Å². The fourth-order valence-electron chi connectivity index (χ4n) is 2.10. The fraction of sp³-hybridized carbons (Fsp3) is 0.500. The van der Waals surface area contributed by atoms with E-state index in [1.54, 1.807) is 19.1 Å². The Hall–Kier alpha value is -2.11. The normalized spacial score (nSPS) is 11.8. The molecule has 6 nitrogen and oxygen atoms in total. The smallest absolute Gasteiger partial charge is 0.339 e. The molecular weight excluding hydrogens is 260 g/mol. The number of hydrogen-bond donors (Lipinski definition) is 1. The first kappa shape index (κ1) is 15.9. The largest absolute Gasteiger partial charge is 0.481 e. The monoisotopic (exact) mass is 280 g/mol. The van der Waals surface area contributed by atoms with E-state index in [0.29, 0.717) is 23.6 Å². The molecule has 0 aromatic carbocycles. The molecule has 1 atom stereocenters. The van der Waals surface area contributed by atoms with Gasteiger partial charge in [0, 0.05) is 12.6 Å². The molecule has 0 saturated heterocycles. The van der Waals surface area contributed by atoms with Gasteiger partial charge in [-0.15, -0.1) is 0 Å². The van der Waals surface area contributed by atoms with E-state index in [9.17, 15) is 9.59 Å². The summed E-state index contributed by atoms with van der Waals surface area (Å²) in [5, 5.41) is 8.87. The second-order valence-corrected chi connectivity index (χ2v) is 4.53. The van der Waals surface area contributed by atoms with Crippen molar-refractivity contribution in [2.45, 2.75) is 33.2 Å². The SMILES string of the molecule is CCN(c1ccc(C(=O)OC)c(C)n1)C(C)CC(=O)O. The highest BCUT2D eigenvalue weighted by molar-refractivity contribution is 5.90. The molecule has 0 aliphatic heterocycles. The van der Waals surface area contributed by atoms with Gasteiger partial charge in [-0.05, 0) is 32.9 Å². The van der Waals surface area contributed by atoms with Crippen molar-refractivity contribution in [1.29, 1.82) is 0 Å². The predicted octanol–water partition coefficient (Wildman–Crippen LogP) is 1.87. The van der Waals surface area contributed by atoms with Gasteiger partial charge in [-0.25, -0.2) is 9.78 Å². The topological polar surface area (TPSA) is 79.7 Å². The van der Waals surface area contributed by atoms with Crippen molar-refractivity contribution in [2.75, 3.05) is 18.6 Å². The van der Waals surface area contributed by atoms with Gasteiger partial charge in [-0.3, -0.25) is 4.79 Å². The first-order valence-corrected chi connectivity index (χ1v) is 6.45. The molecule has 0 bridgehead atoms. The van der Waals surface area contributed by atoms with Crippen molar-refractivity contribution in [2.24, 2.45) is 0 Å². The summed E-state index contributed by atoms with van der Waals surface area (Å²) in [6, 6.07) is 3.19. The number of aromatic nitrogens is 1. The third-order valence-electron chi connectivity index (χ3n) is 3.11. The van der Waals surface area contributed by atoms with Crippen LogP contribution in [-0.2, 0) is 9.53 Å². The average molecular weight is 280 g/mol. The van der Waals surface area contributed by atoms with Crippen LogP contribution in [0.4, 0.5) is 5.82 Å². The van der Waals surface area contributed by atoms with Crippen molar-refractivity contribution < 1.29 is 19.4 Å². The molecule has 1 unspecified atom stereocenters. The maximum atomic E-state index is 11.5. The van der Waals surface area contributed by atoms with Crippen LogP contribution in [0.25, 0.3) is 0 Å². The summed E-state index contributed by atoms with van der Waals surface area (Å²) in [4.78, 5) is 28.6. The van der Waals surface area contributed by atoms with Gasteiger partial charge in [-0.2, -0.15) is 0 Å². The van der Waals surface area contributed by atoms with E-state index in [1.165, 1.54) is 7.11 Å². The highest BCUT2D eigenvalue weighted by Crippen LogP contribution is 2.19. The van der Waals surface area contributed by atoms with E-state index in [2.05, 4.69) is 9.72 Å². The lowest BCUT2D eigenvalue weighted by Crippen LogP contribution is -2.35. The lowest BCUT2D eigenvalue weighted by atomic mass is 10.1. The Balaban J connectivity index is 3.03. The van der Waals surface area contributed by atoms with Crippen LogP contribution in [0.3, 0.4) is 0 Å². The van der Waals surface area contributed by atoms with E-state index in [-0.39, 0.29) is 12.5 Å². The highest BCUT2D eigenvalue weighted by atomic mass is 16.5. The van der Waals surface area contributed by atoms with E-state index in [0.717, 1.165) is 0 Å². The van der Waals surface area contributed by atoms with Gasteiger partial charge in [0.25, 0.3) is 0 Å². The maximum absolute atomic E-state index is 11.5. The minimum Gasteiger partial charge on any atom is -0.481 e. The quantitative estimate of drug-likeness (QED) is 0.801. The molecule has 1 aromatic heterocycles. The van der Waals surface area contributed by atoms with E-state index in [4.69, 9.17) is 5.11 Å². The number of methoxy groups -OCH3 is 1. The number of hydrogen-bond acceptors (Lipinski definition) is 5. The number of nitrogens with zero attached hydrogens (tertiary/aromatic N) is 2. The van der Waals surface area contributed by atoms with Crippen molar-refractivity contribution in [3.05, 3.63) is 23.4 Å². The number of pyridine rings is 1. The number of esters is 1. The molecule has 110 valence electrons. The maximum Gasteiger partial charge on any atom is 0.339 e. The van der Waals surface area contributed by atoms with Gasteiger partial charge < -0.3 is 14.7 Å². The van der Waals surface area contributed by atoms with Crippen LogP contribution >= 0.6 is 0 Å². The number of anilines is 1. The lowest BCUT2D eigenvalue weighted by molar-refractivity contribution is -0.137. The molecule has 20 heavy (non-hydrogen) atoms. The summed E-state index contributed by atoms with van der Waals surface area (Å²) in [5.74, 6) is -0.617. The van der Waals surface area contributed by atoms with Crippen LogP contribution < -0.4 is 4.90 Å². The summed E-state index contributed by atoms with van der Waals surface area (Å²) in [7, 11) is 1.32.